The van der Waals surface area contributed by atoms with Crippen LogP contribution in [-0.2, 0) is 12.8 Å². The van der Waals surface area contributed by atoms with E-state index in [0.717, 1.165) is 0 Å². The number of rotatable bonds is 5. The third kappa shape index (κ3) is 4.41. The Hall–Kier alpha value is -0.380. The summed E-state index contributed by atoms with van der Waals surface area (Å²) in [5.41, 5.74) is 0. The van der Waals surface area contributed by atoms with Crippen LogP contribution in [0.1, 0.15) is 29.5 Å². The molecular formula is C14H24N2S. The van der Waals surface area contributed by atoms with E-state index in [1.54, 1.807) is 4.88 Å². The van der Waals surface area contributed by atoms with Gasteiger partial charge in [0.15, 0.2) is 0 Å². The van der Waals surface area contributed by atoms with Gasteiger partial charge in [-0.3, -0.25) is 0 Å². The van der Waals surface area contributed by atoms with E-state index < -0.39 is 0 Å². The lowest BCUT2D eigenvalue weighted by atomic mass is 10.2. The second-order valence-corrected chi connectivity index (χ2v) is 6.02. The molecule has 1 aliphatic rings. The molecule has 0 spiro atoms. The zero-order chi connectivity index (χ0) is 11.9. The summed E-state index contributed by atoms with van der Waals surface area (Å²) in [6, 6.07) is 4.60. The smallest absolute Gasteiger partial charge is 0.0107 e. The van der Waals surface area contributed by atoms with Gasteiger partial charge in [0, 0.05) is 22.8 Å². The highest BCUT2D eigenvalue weighted by Crippen LogP contribution is 2.18. The van der Waals surface area contributed by atoms with E-state index in [1.807, 2.05) is 11.3 Å². The largest absolute Gasteiger partial charge is 0.315 e. The molecule has 1 fully saturated rings. The van der Waals surface area contributed by atoms with Crippen molar-refractivity contribution in [3.8, 4) is 0 Å². The van der Waals surface area contributed by atoms with E-state index >= 15 is 0 Å². The third-order valence-electron chi connectivity index (χ3n) is 3.40. The van der Waals surface area contributed by atoms with Crippen molar-refractivity contribution in [3.63, 3.8) is 0 Å². The summed E-state index contributed by atoms with van der Waals surface area (Å²) >= 11 is 1.99. The molecule has 3 heteroatoms. The SMILES string of the molecule is CCc1ccc(CCCN2CCCNCC2)s1. The highest BCUT2D eigenvalue weighted by atomic mass is 32.1. The molecule has 2 nitrogen and oxygen atoms in total. The number of hydrogen-bond donors (Lipinski definition) is 1. The lowest BCUT2D eigenvalue weighted by Crippen LogP contribution is -2.29. The summed E-state index contributed by atoms with van der Waals surface area (Å²) in [4.78, 5) is 5.70. The molecule has 0 saturated carbocycles. The summed E-state index contributed by atoms with van der Waals surface area (Å²) in [6.07, 6.45) is 5.06. The molecule has 0 bridgehead atoms. The highest BCUT2D eigenvalue weighted by molar-refractivity contribution is 7.11. The Bertz CT molecular complexity index is 314. The average molecular weight is 252 g/mol. The first kappa shape index (κ1) is 13.1. The average Bonchev–Trinajstić information content (AvgIpc) is 2.65. The van der Waals surface area contributed by atoms with Gasteiger partial charge < -0.3 is 10.2 Å². The maximum Gasteiger partial charge on any atom is 0.0107 e. The van der Waals surface area contributed by atoms with Crippen LogP contribution < -0.4 is 5.32 Å². The first-order valence-electron chi connectivity index (χ1n) is 6.89. The van der Waals surface area contributed by atoms with Gasteiger partial charge in [-0.15, -0.1) is 11.3 Å². The Labute approximate surface area is 109 Å². The third-order valence-corrected chi connectivity index (χ3v) is 4.69. The quantitative estimate of drug-likeness (QED) is 0.866. The highest BCUT2D eigenvalue weighted by Gasteiger charge is 2.08. The van der Waals surface area contributed by atoms with E-state index in [0.29, 0.717) is 0 Å². The van der Waals surface area contributed by atoms with Crippen LogP contribution >= 0.6 is 11.3 Å². The summed E-state index contributed by atoms with van der Waals surface area (Å²) in [6.45, 7) is 8.36. The summed E-state index contributed by atoms with van der Waals surface area (Å²) in [5, 5.41) is 3.46. The summed E-state index contributed by atoms with van der Waals surface area (Å²) in [5.74, 6) is 0. The molecule has 0 radical (unpaired) electrons. The number of nitrogens with zero attached hydrogens (tertiary/aromatic N) is 1. The molecular weight excluding hydrogens is 228 g/mol. The number of nitrogens with one attached hydrogen (secondary N) is 1. The molecule has 1 aromatic heterocycles. The Morgan fingerprint density at radius 2 is 2.12 bits per heavy atom. The standard InChI is InChI=1S/C14H24N2S/c1-2-13-6-7-14(17-13)5-3-10-16-11-4-8-15-9-12-16/h6-7,15H,2-5,8-12H2,1H3. The second kappa shape index (κ2) is 7.14. The molecule has 0 aromatic carbocycles. The minimum atomic E-state index is 1.17. The van der Waals surface area contributed by atoms with Crippen LogP contribution in [0.3, 0.4) is 0 Å². The van der Waals surface area contributed by atoms with Crippen molar-refractivity contribution < 1.29 is 0 Å². The van der Waals surface area contributed by atoms with Crippen LogP contribution in [0.5, 0.6) is 0 Å². The fraction of sp³-hybridized carbons (Fsp3) is 0.714. The lowest BCUT2D eigenvalue weighted by molar-refractivity contribution is 0.289. The predicted octanol–water partition coefficient (Wildman–Crippen LogP) is 2.54. The molecule has 0 unspecified atom stereocenters. The van der Waals surface area contributed by atoms with Gasteiger partial charge in [-0.2, -0.15) is 0 Å². The van der Waals surface area contributed by atoms with Crippen LogP contribution in [0.2, 0.25) is 0 Å². The molecule has 1 aliphatic heterocycles. The molecule has 1 N–H and O–H groups in total. The molecule has 0 aliphatic carbocycles. The van der Waals surface area contributed by atoms with E-state index in [-0.39, 0.29) is 0 Å². The maximum absolute atomic E-state index is 3.46. The first-order valence-corrected chi connectivity index (χ1v) is 7.71. The minimum absolute atomic E-state index is 1.17. The van der Waals surface area contributed by atoms with E-state index in [1.165, 1.54) is 63.3 Å². The Balaban J connectivity index is 1.67. The molecule has 2 rings (SSSR count). The van der Waals surface area contributed by atoms with E-state index in [4.69, 9.17) is 0 Å². The van der Waals surface area contributed by atoms with Crippen molar-refractivity contribution in [2.24, 2.45) is 0 Å². The fourth-order valence-corrected chi connectivity index (χ4v) is 3.35. The normalized spacial score (nSPS) is 18.2. The summed E-state index contributed by atoms with van der Waals surface area (Å²) in [7, 11) is 0. The molecule has 0 amide bonds. The minimum Gasteiger partial charge on any atom is -0.315 e. The number of thiophene rings is 1. The fourth-order valence-electron chi connectivity index (χ4n) is 2.35. The molecule has 17 heavy (non-hydrogen) atoms. The summed E-state index contributed by atoms with van der Waals surface area (Å²) < 4.78 is 0. The lowest BCUT2D eigenvalue weighted by Gasteiger charge is -2.18. The van der Waals surface area contributed by atoms with Crippen LogP contribution in [0, 0.1) is 0 Å². The van der Waals surface area contributed by atoms with Crippen LogP contribution in [-0.4, -0.2) is 37.6 Å². The van der Waals surface area contributed by atoms with Gasteiger partial charge in [0.2, 0.25) is 0 Å². The van der Waals surface area contributed by atoms with Crippen molar-refractivity contribution >= 4 is 11.3 Å². The van der Waals surface area contributed by atoms with Gasteiger partial charge in [0.25, 0.3) is 0 Å². The monoisotopic (exact) mass is 252 g/mol. The van der Waals surface area contributed by atoms with Crippen molar-refractivity contribution in [2.75, 3.05) is 32.7 Å². The molecule has 0 atom stereocenters. The van der Waals surface area contributed by atoms with Crippen molar-refractivity contribution in [2.45, 2.75) is 32.6 Å². The van der Waals surface area contributed by atoms with Crippen molar-refractivity contribution in [3.05, 3.63) is 21.9 Å². The van der Waals surface area contributed by atoms with Crippen molar-refractivity contribution in [1.82, 2.24) is 10.2 Å². The van der Waals surface area contributed by atoms with Crippen LogP contribution in [0.4, 0.5) is 0 Å². The molecule has 96 valence electrons. The Morgan fingerprint density at radius 3 is 2.94 bits per heavy atom. The van der Waals surface area contributed by atoms with Crippen LogP contribution in [0.25, 0.3) is 0 Å². The number of hydrogen-bond acceptors (Lipinski definition) is 3. The van der Waals surface area contributed by atoms with Gasteiger partial charge >= 0.3 is 0 Å². The first-order chi connectivity index (χ1) is 8.38. The maximum atomic E-state index is 3.46. The molecule has 2 heterocycles. The zero-order valence-corrected chi connectivity index (χ0v) is 11.7. The number of aryl methyl sites for hydroxylation is 2. The van der Waals surface area contributed by atoms with Gasteiger partial charge in [-0.25, -0.2) is 0 Å². The van der Waals surface area contributed by atoms with Gasteiger partial charge in [0.05, 0.1) is 0 Å². The molecule has 1 aromatic rings. The Kier molecular flexibility index (Phi) is 5.49. The van der Waals surface area contributed by atoms with E-state index in [2.05, 4.69) is 29.3 Å². The molecule has 1 saturated heterocycles. The van der Waals surface area contributed by atoms with E-state index in [9.17, 15) is 0 Å². The van der Waals surface area contributed by atoms with Gasteiger partial charge in [0.1, 0.15) is 0 Å². The van der Waals surface area contributed by atoms with Crippen LogP contribution in [0.15, 0.2) is 12.1 Å². The predicted molar refractivity (Wildman–Crippen MR) is 75.9 cm³/mol. The Morgan fingerprint density at radius 1 is 1.24 bits per heavy atom. The van der Waals surface area contributed by atoms with Crippen molar-refractivity contribution in [1.29, 1.82) is 0 Å². The topological polar surface area (TPSA) is 15.3 Å². The second-order valence-electron chi connectivity index (χ2n) is 4.77. The van der Waals surface area contributed by atoms with Gasteiger partial charge in [-0.05, 0) is 57.5 Å². The van der Waals surface area contributed by atoms with Gasteiger partial charge in [-0.1, -0.05) is 6.92 Å². The zero-order valence-electron chi connectivity index (χ0n) is 10.9.